The van der Waals surface area contributed by atoms with E-state index in [0.717, 1.165) is 45.3 Å². The molecule has 0 spiro atoms. The molecule has 0 aromatic heterocycles. The number of carbonyl (C=O) groups is 1. The molecule has 1 aliphatic heterocycles. The molecule has 1 heterocycles. The van der Waals surface area contributed by atoms with Gasteiger partial charge in [0.15, 0.2) is 0 Å². The summed E-state index contributed by atoms with van der Waals surface area (Å²) in [4.78, 5) is 12.7. The van der Waals surface area contributed by atoms with Gasteiger partial charge in [-0.3, -0.25) is 4.79 Å². The Morgan fingerprint density at radius 3 is 2.53 bits per heavy atom. The number of piperidine rings is 1. The molecular weight excluding hydrogens is 236 g/mol. The van der Waals surface area contributed by atoms with Crippen molar-refractivity contribution in [1.82, 2.24) is 10.6 Å². The third-order valence-corrected chi connectivity index (χ3v) is 5.17. The first kappa shape index (κ1) is 14.8. The van der Waals surface area contributed by atoms with E-state index in [9.17, 15) is 4.79 Å². The molecule has 1 saturated heterocycles. The van der Waals surface area contributed by atoms with Crippen molar-refractivity contribution >= 4 is 5.91 Å². The van der Waals surface area contributed by atoms with Gasteiger partial charge in [-0.2, -0.15) is 0 Å². The van der Waals surface area contributed by atoms with E-state index in [1.807, 2.05) is 0 Å². The van der Waals surface area contributed by atoms with Gasteiger partial charge in [0.25, 0.3) is 0 Å². The summed E-state index contributed by atoms with van der Waals surface area (Å²) < 4.78 is 0. The van der Waals surface area contributed by atoms with Crippen LogP contribution < -0.4 is 10.6 Å². The highest BCUT2D eigenvalue weighted by Crippen LogP contribution is 2.37. The van der Waals surface area contributed by atoms with Crippen molar-refractivity contribution in [2.75, 3.05) is 19.6 Å². The molecule has 0 aromatic rings. The van der Waals surface area contributed by atoms with Crippen molar-refractivity contribution in [2.45, 2.75) is 65.2 Å². The first-order valence-corrected chi connectivity index (χ1v) is 8.09. The van der Waals surface area contributed by atoms with Crippen LogP contribution in [0.1, 0.15) is 65.2 Å². The topological polar surface area (TPSA) is 41.1 Å². The van der Waals surface area contributed by atoms with E-state index in [1.54, 1.807) is 0 Å². The third-order valence-electron chi connectivity index (χ3n) is 5.17. The van der Waals surface area contributed by atoms with Gasteiger partial charge in [-0.1, -0.05) is 33.1 Å². The maximum absolute atomic E-state index is 12.7. The Morgan fingerprint density at radius 1 is 1.21 bits per heavy atom. The zero-order valence-electron chi connectivity index (χ0n) is 12.7. The Bertz CT molecular complexity index is 296. The second-order valence-electron chi connectivity index (χ2n) is 7.01. The zero-order valence-corrected chi connectivity index (χ0v) is 12.7. The summed E-state index contributed by atoms with van der Waals surface area (Å²) in [5.74, 6) is 0.301. The van der Waals surface area contributed by atoms with E-state index in [0.29, 0.717) is 11.3 Å². The number of hydrogen-bond acceptors (Lipinski definition) is 2. The normalized spacial score (nSPS) is 30.2. The number of nitrogens with one attached hydrogen (secondary N) is 2. The number of carbonyl (C=O) groups excluding carboxylic acids is 1. The van der Waals surface area contributed by atoms with Gasteiger partial charge in [0, 0.05) is 13.1 Å². The molecule has 0 radical (unpaired) electrons. The van der Waals surface area contributed by atoms with E-state index in [2.05, 4.69) is 24.5 Å². The van der Waals surface area contributed by atoms with Crippen molar-refractivity contribution in [1.29, 1.82) is 0 Å². The molecule has 0 bridgehead atoms. The van der Waals surface area contributed by atoms with Gasteiger partial charge in [-0.05, 0) is 44.1 Å². The highest BCUT2D eigenvalue weighted by atomic mass is 16.2. The van der Waals surface area contributed by atoms with Crippen LogP contribution >= 0.6 is 0 Å². The predicted octanol–water partition coefficient (Wildman–Crippen LogP) is 2.85. The van der Waals surface area contributed by atoms with Crippen LogP contribution in [0.4, 0.5) is 0 Å². The molecule has 19 heavy (non-hydrogen) atoms. The fourth-order valence-electron chi connectivity index (χ4n) is 3.85. The van der Waals surface area contributed by atoms with Gasteiger partial charge in [0.05, 0.1) is 5.41 Å². The average Bonchev–Trinajstić information content (AvgIpc) is 2.85. The van der Waals surface area contributed by atoms with Crippen LogP contribution in [-0.2, 0) is 4.79 Å². The number of hydrogen-bond donors (Lipinski definition) is 2. The number of amides is 1. The van der Waals surface area contributed by atoms with E-state index in [4.69, 9.17) is 0 Å². The van der Waals surface area contributed by atoms with Crippen LogP contribution in [0.5, 0.6) is 0 Å². The quantitative estimate of drug-likeness (QED) is 0.803. The van der Waals surface area contributed by atoms with Crippen molar-refractivity contribution in [3.8, 4) is 0 Å². The Hall–Kier alpha value is -0.570. The smallest absolute Gasteiger partial charge is 0.227 e. The van der Waals surface area contributed by atoms with E-state index in [-0.39, 0.29) is 5.41 Å². The fourth-order valence-corrected chi connectivity index (χ4v) is 3.85. The monoisotopic (exact) mass is 266 g/mol. The lowest BCUT2D eigenvalue weighted by Crippen LogP contribution is -2.51. The van der Waals surface area contributed by atoms with E-state index in [1.165, 1.54) is 25.7 Å². The first-order chi connectivity index (χ1) is 9.10. The molecule has 110 valence electrons. The maximum atomic E-state index is 12.7. The molecule has 2 N–H and O–H groups in total. The van der Waals surface area contributed by atoms with Crippen LogP contribution in [0, 0.1) is 10.8 Å². The molecule has 1 atom stereocenters. The minimum Gasteiger partial charge on any atom is -0.355 e. The second-order valence-corrected chi connectivity index (χ2v) is 7.01. The van der Waals surface area contributed by atoms with Gasteiger partial charge in [0.1, 0.15) is 0 Å². The first-order valence-electron chi connectivity index (χ1n) is 8.09. The SMILES string of the molecule is CCCC1(C(=O)NCC2(C)CCCC2)CCCNC1. The Labute approximate surface area is 117 Å². The predicted molar refractivity (Wildman–Crippen MR) is 79.0 cm³/mol. The molecule has 1 aliphatic carbocycles. The molecule has 1 unspecified atom stereocenters. The minimum atomic E-state index is -0.137. The molecule has 1 amide bonds. The molecule has 2 fully saturated rings. The summed E-state index contributed by atoms with van der Waals surface area (Å²) in [5, 5.41) is 6.70. The van der Waals surface area contributed by atoms with Crippen molar-refractivity contribution < 1.29 is 4.79 Å². The Balaban J connectivity index is 1.91. The van der Waals surface area contributed by atoms with Gasteiger partial charge in [-0.25, -0.2) is 0 Å². The summed E-state index contributed by atoms with van der Waals surface area (Å²) in [6, 6.07) is 0. The van der Waals surface area contributed by atoms with Crippen LogP contribution in [-0.4, -0.2) is 25.5 Å². The van der Waals surface area contributed by atoms with Crippen molar-refractivity contribution in [3.05, 3.63) is 0 Å². The second kappa shape index (κ2) is 6.25. The van der Waals surface area contributed by atoms with Crippen LogP contribution in [0.15, 0.2) is 0 Å². The summed E-state index contributed by atoms with van der Waals surface area (Å²) in [5.41, 5.74) is 0.215. The lowest BCUT2D eigenvalue weighted by Gasteiger charge is -2.37. The van der Waals surface area contributed by atoms with Crippen molar-refractivity contribution in [3.63, 3.8) is 0 Å². The molecule has 0 aromatic carbocycles. The third kappa shape index (κ3) is 3.50. The molecule has 2 aliphatic rings. The van der Waals surface area contributed by atoms with E-state index < -0.39 is 0 Å². The lowest BCUT2D eigenvalue weighted by molar-refractivity contribution is -0.133. The number of rotatable bonds is 5. The highest BCUT2D eigenvalue weighted by Gasteiger charge is 2.39. The molecule has 2 rings (SSSR count). The fraction of sp³-hybridized carbons (Fsp3) is 0.938. The molecule has 3 nitrogen and oxygen atoms in total. The van der Waals surface area contributed by atoms with Crippen LogP contribution in [0.3, 0.4) is 0 Å². The standard InChI is InChI=1S/C16H30N2O/c1-3-7-16(10-6-11-17-13-16)14(19)18-12-15(2)8-4-5-9-15/h17H,3-13H2,1-2H3,(H,18,19). The Morgan fingerprint density at radius 2 is 1.95 bits per heavy atom. The molecule has 1 saturated carbocycles. The van der Waals surface area contributed by atoms with Gasteiger partial charge >= 0.3 is 0 Å². The molecular formula is C16H30N2O. The van der Waals surface area contributed by atoms with E-state index >= 15 is 0 Å². The summed E-state index contributed by atoms with van der Waals surface area (Å²) in [7, 11) is 0. The van der Waals surface area contributed by atoms with Gasteiger partial charge in [0.2, 0.25) is 5.91 Å². The largest absolute Gasteiger partial charge is 0.355 e. The maximum Gasteiger partial charge on any atom is 0.227 e. The van der Waals surface area contributed by atoms with Crippen molar-refractivity contribution in [2.24, 2.45) is 10.8 Å². The highest BCUT2D eigenvalue weighted by molar-refractivity contribution is 5.83. The van der Waals surface area contributed by atoms with Gasteiger partial charge in [-0.15, -0.1) is 0 Å². The summed E-state index contributed by atoms with van der Waals surface area (Å²) in [6.07, 6.45) is 9.48. The summed E-state index contributed by atoms with van der Waals surface area (Å²) in [6.45, 7) is 7.31. The zero-order chi connectivity index (χ0) is 13.8. The Kier molecular flexibility index (Phi) is 4.88. The average molecular weight is 266 g/mol. The van der Waals surface area contributed by atoms with Gasteiger partial charge < -0.3 is 10.6 Å². The lowest BCUT2D eigenvalue weighted by atomic mass is 9.76. The van der Waals surface area contributed by atoms with Crippen LogP contribution in [0.2, 0.25) is 0 Å². The van der Waals surface area contributed by atoms with Crippen LogP contribution in [0.25, 0.3) is 0 Å². The molecule has 3 heteroatoms. The summed E-state index contributed by atoms with van der Waals surface area (Å²) >= 11 is 0. The minimum absolute atomic E-state index is 0.137.